The van der Waals surface area contributed by atoms with Gasteiger partial charge in [0.1, 0.15) is 5.69 Å². The van der Waals surface area contributed by atoms with E-state index in [4.69, 9.17) is 11.6 Å². The lowest BCUT2D eigenvalue weighted by Gasteiger charge is -2.04. The van der Waals surface area contributed by atoms with Crippen molar-refractivity contribution in [2.24, 2.45) is 0 Å². The molecular weight excluding hydrogens is 248 g/mol. The maximum absolute atomic E-state index is 6.10. The molecule has 3 heterocycles. The number of aromatic nitrogens is 4. The molecule has 1 radical (unpaired) electrons. The Morgan fingerprint density at radius 1 is 1.22 bits per heavy atom. The van der Waals surface area contributed by atoms with Crippen LogP contribution in [0.3, 0.4) is 0 Å². The molecule has 0 aliphatic rings. The molecule has 0 amide bonds. The van der Waals surface area contributed by atoms with Crippen LogP contribution in [0.2, 0.25) is 5.15 Å². The van der Waals surface area contributed by atoms with Crippen molar-refractivity contribution in [1.82, 2.24) is 19.4 Å². The molecule has 0 spiro atoms. The van der Waals surface area contributed by atoms with Crippen LogP contribution in [0.4, 0.5) is 0 Å². The van der Waals surface area contributed by atoms with E-state index in [9.17, 15) is 0 Å². The maximum Gasteiger partial charge on any atom is 0.174 e. The predicted octanol–water partition coefficient (Wildman–Crippen LogP) is 3.02. The molecule has 0 unspecified atom stereocenters. The summed E-state index contributed by atoms with van der Waals surface area (Å²) in [5.74, 6) is 0. The molecule has 0 aliphatic carbocycles. The van der Waals surface area contributed by atoms with Crippen LogP contribution in [0.1, 0.15) is 12.5 Å². The van der Waals surface area contributed by atoms with Crippen LogP contribution in [-0.4, -0.2) is 19.4 Å². The van der Waals surface area contributed by atoms with Gasteiger partial charge in [0.15, 0.2) is 10.8 Å². The molecule has 89 valence electrons. The molecule has 0 aliphatic heterocycles. The van der Waals surface area contributed by atoms with Gasteiger partial charge in [-0.15, -0.1) is 0 Å². The third-order valence-electron chi connectivity index (χ3n) is 2.71. The van der Waals surface area contributed by atoms with E-state index in [1.165, 1.54) is 0 Å². The Balaban J connectivity index is 2.18. The highest BCUT2D eigenvalue weighted by molar-refractivity contribution is 6.32. The van der Waals surface area contributed by atoms with E-state index in [0.717, 1.165) is 17.0 Å². The van der Waals surface area contributed by atoms with Crippen LogP contribution in [0.15, 0.2) is 36.9 Å². The molecule has 3 aromatic rings. The van der Waals surface area contributed by atoms with Gasteiger partial charge < -0.3 is 4.40 Å². The summed E-state index contributed by atoms with van der Waals surface area (Å²) in [5.41, 5.74) is 3.28. The van der Waals surface area contributed by atoms with Gasteiger partial charge in [-0.1, -0.05) is 18.5 Å². The first kappa shape index (κ1) is 11.2. The first-order chi connectivity index (χ1) is 8.78. The van der Waals surface area contributed by atoms with Crippen LogP contribution in [0.5, 0.6) is 0 Å². The number of fused-ring (bicyclic) bond motifs is 1. The summed E-state index contributed by atoms with van der Waals surface area (Å²) in [6, 6.07) is 3.92. The van der Waals surface area contributed by atoms with Crippen molar-refractivity contribution in [3.63, 3.8) is 0 Å². The van der Waals surface area contributed by atoms with Crippen molar-refractivity contribution >= 4 is 17.2 Å². The van der Waals surface area contributed by atoms with Gasteiger partial charge in [-0.25, -0.2) is 9.97 Å². The SMILES string of the molecule is C[CH]c1ccnc(-c2cn3ccnc3c(Cl)n2)c1. The average Bonchev–Trinajstić information content (AvgIpc) is 2.87. The van der Waals surface area contributed by atoms with Crippen molar-refractivity contribution in [3.8, 4) is 11.4 Å². The zero-order valence-corrected chi connectivity index (χ0v) is 10.5. The number of halogens is 1. The molecule has 0 saturated heterocycles. The molecule has 0 saturated carbocycles. The number of imidazole rings is 1. The van der Waals surface area contributed by atoms with Gasteiger partial charge in [0.25, 0.3) is 0 Å². The molecule has 4 nitrogen and oxygen atoms in total. The highest BCUT2D eigenvalue weighted by atomic mass is 35.5. The largest absolute Gasteiger partial charge is 0.302 e. The van der Waals surface area contributed by atoms with E-state index in [0.29, 0.717) is 10.8 Å². The maximum atomic E-state index is 6.10. The Morgan fingerprint density at radius 3 is 2.94 bits per heavy atom. The van der Waals surface area contributed by atoms with Gasteiger partial charge in [0, 0.05) is 24.8 Å². The van der Waals surface area contributed by atoms with Crippen molar-refractivity contribution in [3.05, 3.63) is 54.1 Å². The lowest BCUT2D eigenvalue weighted by molar-refractivity contribution is 1.11. The van der Waals surface area contributed by atoms with Crippen LogP contribution in [0, 0.1) is 6.42 Å². The summed E-state index contributed by atoms with van der Waals surface area (Å²) in [6.45, 7) is 1.98. The van der Waals surface area contributed by atoms with Crippen LogP contribution in [-0.2, 0) is 0 Å². The minimum Gasteiger partial charge on any atom is -0.302 e. The van der Waals surface area contributed by atoms with Gasteiger partial charge in [-0.05, 0) is 24.1 Å². The quantitative estimate of drug-likeness (QED) is 0.709. The Morgan fingerprint density at radius 2 is 2.11 bits per heavy atom. The molecule has 0 bridgehead atoms. The lowest BCUT2D eigenvalue weighted by atomic mass is 10.1. The van der Waals surface area contributed by atoms with Gasteiger partial charge in [-0.2, -0.15) is 0 Å². The monoisotopic (exact) mass is 257 g/mol. The van der Waals surface area contributed by atoms with E-state index in [-0.39, 0.29) is 0 Å². The molecular formula is C13H10ClN4. The second-order valence-electron chi connectivity index (χ2n) is 3.84. The van der Waals surface area contributed by atoms with Crippen molar-refractivity contribution in [2.45, 2.75) is 6.92 Å². The van der Waals surface area contributed by atoms with E-state index < -0.39 is 0 Å². The standard InChI is InChI=1S/C13H10ClN4/c1-2-9-3-4-15-10(7-9)11-8-18-6-5-16-13(18)12(14)17-11/h2-8H,1H3. The summed E-state index contributed by atoms with van der Waals surface area (Å²) in [4.78, 5) is 12.8. The molecule has 3 rings (SSSR count). The fraction of sp³-hybridized carbons (Fsp3) is 0.0769. The fourth-order valence-electron chi connectivity index (χ4n) is 1.78. The fourth-order valence-corrected chi connectivity index (χ4v) is 2.02. The minimum atomic E-state index is 0.380. The van der Waals surface area contributed by atoms with E-state index >= 15 is 0 Å². The van der Waals surface area contributed by atoms with Crippen molar-refractivity contribution < 1.29 is 0 Å². The average molecular weight is 258 g/mol. The Labute approximate surface area is 109 Å². The van der Waals surface area contributed by atoms with Crippen LogP contribution < -0.4 is 0 Å². The minimum absolute atomic E-state index is 0.380. The summed E-state index contributed by atoms with van der Waals surface area (Å²) in [7, 11) is 0. The van der Waals surface area contributed by atoms with Gasteiger partial charge in [0.2, 0.25) is 0 Å². The number of hydrogen-bond donors (Lipinski definition) is 0. The molecule has 0 atom stereocenters. The third kappa shape index (κ3) is 1.84. The molecule has 0 fully saturated rings. The summed E-state index contributed by atoms with van der Waals surface area (Å²) >= 11 is 6.10. The number of nitrogens with zero attached hydrogens (tertiary/aromatic N) is 4. The highest BCUT2D eigenvalue weighted by Crippen LogP contribution is 2.21. The summed E-state index contributed by atoms with van der Waals surface area (Å²) < 4.78 is 1.84. The van der Waals surface area contributed by atoms with Crippen LogP contribution in [0.25, 0.3) is 17.0 Å². The van der Waals surface area contributed by atoms with Crippen molar-refractivity contribution in [2.75, 3.05) is 0 Å². The van der Waals surface area contributed by atoms with Crippen molar-refractivity contribution in [1.29, 1.82) is 0 Å². The Kier molecular flexibility index (Phi) is 2.72. The normalized spacial score (nSPS) is 11.0. The predicted molar refractivity (Wildman–Crippen MR) is 70.3 cm³/mol. The zero-order chi connectivity index (χ0) is 12.5. The lowest BCUT2D eigenvalue weighted by Crippen LogP contribution is -1.94. The number of rotatable bonds is 2. The van der Waals surface area contributed by atoms with Gasteiger partial charge in [-0.3, -0.25) is 4.98 Å². The van der Waals surface area contributed by atoms with E-state index in [1.54, 1.807) is 12.4 Å². The third-order valence-corrected chi connectivity index (χ3v) is 2.97. The zero-order valence-electron chi connectivity index (χ0n) is 9.71. The van der Waals surface area contributed by atoms with Gasteiger partial charge in [0.05, 0.1) is 5.69 Å². The Bertz CT molecular complexity index is 705. The molecule has 5 heteroatoms. The number of hydrogen-bond acceptors (Lipinski definition) is 3. The summed E-state index contributed by atoms with van der Waals surface area (Å²) in [5, 5.41) is 0.380. The smallest absolute Gasteiger partial charge is 0.174 e. The van der Waals surface area contributed by atoms with Crippen LogP contribution >= 0.6 is 11.6 Å². The van der Waals surface area contributed by atoms with E-state index in [2.05, 4.69) is 15.0 Å². The number of pyridine rings is 1. The molecule has 0 N–H and O–H groups in total. The first-order valence-electron chi connectivity index (χ1n) is 5.53. The second-order valence-corrected chi connectivity index (χ2v) is 4.20. The second kappa shape index (κ2) is 4.38. The van der Waals surface area contributed by atoms with E-state index in [1.807, 2.05) is 42.3 Å². The topological polar surface area (TPSA) is 43.1 Å². The highest BCUT2D eigenvalue weighted by Gasteiger charge is 2.08. The molecule has 18 heavy (non-hydrogen) atoms. The first-order valence-corrected chi connectivity index (χ1v) is 5.91. The summed E-state index contributed by atoms with van der Waals surface area (Å²) in [6.07, 6.45) is 9.18. The van der Waals surface area contributed by atoms with Gasteiger partial charge >= 0.3 is 0 Å². The Hall–Kier alpha value is -1.94. The molecule has 3 aromatic heterocycles. The molecule has 0 aromatic carbocycles.